The summed E-state index contributed by atoms with van der Waals surface area (Å²) in [5.74, 6) is 0.686. The lowest BCUT2D eigenvalue weighted by Gasteiger charge is -2.21. The summed E-state index contributed by atoms with van der Waals surface area (Å²) >= 11 is 5.79. The van der Waals surface area contributed by atoms with Crippen LogP contribution < -0.4 is 5.73 Å². The molecule has 0 aliphatic rings. The second-order valence-corrected chi connectivity index (χ2v) is 6.98. The van der Waals surface area contributed by atoms with Crippen LogP contribution in [0.25, 0.3) is 0 Å². The van der Waals surface area contributed by atoms with Crippen molar-refractivity contribution in [1.29, 1.82) is 0 Å². The van der Waals surface area contributed by atoms with Gasteiger partial charge in [0.05, 0.1) is 10.8 Å². The Bertz CT molecular complexity index is 376. The lowest BCUT2D eigenvalue weighted by Crippen LogP contribution is -2.23. The minimum Gasteiger partial charge on any atom is -0.330 e. The standard InChI is InChI=1S/C13H20ClNOS/c1-13(2,10-15)8-3-9-17(16)12-6-4-11(14)5-7-12/h4-7H,3,8-10,15H2,1-2H3. The number of hydrogen-bond donors (Lipinski definition) is 1. The molecule has 17 heavy (non-hydrogen) atoms. The lowest BCUT2D eigenvalue weighted by molar-refractivity contribution is 0.344. The maximum atomic E-state index is 12.0. The molecular formula is C13H20ClNOS. The lowest BCUT2D eigenvalue weighted by atomic mass is 9.88. The van der Waals surface area contributed by atoms with Gasteiger partial charge in [-0.05, 0) is 49.1 Å². The average molecular weight is 274 g/mol. The van der Waals surface area contributed by atoms with Gasteiger partial charge in [-0.15, -0.1) is 0 Å². The monoisotopic (exact) mass is 273 g/mol. The predicted molar refractivity (Wildman–Crippen MR) is 74.8 cm³/mol. The molecule has 0 radical (unpaired) electrons. The quantitative estimate of drug-likeness (QED) is 0.865. The molecule has 4 heteroatoms. The molecule has 0 aliphatic heterocycles. The molecule has 0 spiro atoms. The van der Waals surface area contributed by atoms with E-state index in [1.807, 2.05) is 12.1 Å². The van der Waals surface area contributed by atoms with E-state index in [1.165, 1.54) is 0 Å². The van der Waals surface area contributed by atoms with E-state index < -0.39 is 10.8 Å². The van der Waals surface area contributed by atoms with E-state index in [9.17, 15) is 4.21 Å². The van der Waals surface area contributed by atoms with Gasteiger partial charge in [-0.25, -0.2) is 0 Å². The zero-order valence-corrected chi connectivity index (χ0v) is 12.0. The van der Waals surface area contributed by atoms with Crippen LogP contribution in [-0.2, 0) is 10.8 Å². The molecule has 0 saturated carbocycles. The van der Waals surface area contributed by atoms with Crippen LogP contribution in [0.5, 0.6) is 0 Å². The smallest absolute Gasteiger partial charge is 0.0529 e. The highest BCUT2D eigenvalue weighted by atomic mass is 35.5. The SMILES string of the molecule is CC(C)(CN)CCCS(=O)c1ccc(Cl)cc1. The normalized spacial score (nSPS) is 13.6. The van der Waals surface area contributed by atoms with Crippen LogP contribution in [0, 0.1) is 5.41 Å². The van der Waals surface area contributed by atoms with E-state index in [-0.39, 0.29) is 5.41 Å². The van der Waals surface area contributed by atoms with E-state index >= 15 is 0 Å². The molecule has 0 saturated heterocycles. The molecule has 1 atom stereocenters. The van der Waals surface area contributed by atoms with Gasteiger partial charge in [0.25, 0.3) is 0 Å². The van der Waals surface area contributed by atoms with Gasteiger partial charge >= 0.3 is 0 Å². The molecule has 1 unspecified atom stereocenters. The largest absolute Gasteiger partial charge is 0.330 e. The number of nitrogens with two attached hydrogens (primary N) is 1. The highest BCUT2D eigenvalue weighted by Crippen LogP contribution is 2.21. The minimum atomic E-state index is -0.928. The summed E-state index contributed by atoms with van der Waals surface area (Å²) < 4.78 is 12.0. The van der Waals surface area contributed by atoms with Crippen molar-refractivity contribution in [3.05, 3.63) is 29.3 Å². The molecular weight excluding hydrogens is 254 g/mol. The van der Waals surface area contributed by atoms with Gasteiger partial charge in [0, 0.05) is 15.7 Å². The third-order valence-electron chi connectivity index (χ3n) is 2.81. The van der Waals surface area contributed by atoms with Gasteiger partial charge < -0.3 is 5.73 Å². The first-order chi connectivity index (χ1) is 7.94. The van der Waals surface area contributed by atoms with Crippen molar-refractivity contribution in [2.24, 2.45) is 11.1 Å². The number of hydrogen-bond acceptors (Lipinski definition) is 2. The van der Waals surface area contributed by atoms with Crippen molar-refractivity contribution in [1.82, 2.24) is 0 Å². The second kappa shape index (κ2) is 6.53. The van der Waals surface area contributed by atoms with E-state index in [0.29, 0.717) is 17.3 Å². The molecule has 0 amide bonds. The Morgan fingerprint density at radius 3 is 2.41 bits per heavy atom. The molecule has 0 heterocycles. The van der Waals surface area contributed by atoms with Gasteiger partial charge in [-0.3, -0.25) is 4.21 Å². The van der Waals surface area contributed by atoms with Crippen LogP contribution in [0.3, 0.4) is 0 Å². The average Bonchev–Trinajstić information content (AvgIpc) is 2.29. The van der Waals surface area contributed by atoms with E-state index in [2.05, 4.69) is 13.8 Å². The van der Waals surface area contributed by atoms with Crippen LogP contribution >= 0.6 is 11.6 Å². The van der Waals surface area contributed by atoms with Crippen molar-refractivity contribution in [2.75, 3.05) is 12.3 Å². The third-order valence-corrected chi connectivity index (χ3v) is 4.52. The van der Waals surface area contributed by atoms with E-state index in [4.69, 9.17) is 17.3 Å². The molecule has 0 aromatic heterocycles. The first-order valence-electron chi connectivity index (χ1n) is 5.79. The molecule has 1 aromatic rings. The van der Waals surface area contributed by atoms with Crippen molar-refractivity contribution < 1.29 is 4.21 Å². The van der Waals surface area contributed by atoms with Crippen LogP contribution in [0.15, 0.2) is 29.2 Å². The first kappa shape index (κ1) is 14.7. The minimum absolute atomic E-state index is 0.143. The first-order valence-corrected chi connectivity index (χ1v) is 7.48. The Morgan fingerprint density at radius 1 is 1.29 bits per heavy atom. The summed E-state index contributed by atoms with van der Waals surface area (Å²) in [7, 11) is -0.928. The van der Waals surface area contributed by atoms with Crippen molar-refractivity contribution >= 4 is 22.4 Å². The van der Waals surface area contributed by atoms with Crippen molar-refractivity contribution in [3.8, 4) is 0 Å². The zero-order valence-electron chi connectivity index (χ0n) is 10.4. The van der Waals surface area contributed by atoms with E-state index in [1.54, 1.807) is 12.1 Å². The second-order valence-electron chi connectivity index (χ2n) is 4.98. The summed E-state index contributed by atoms with van der Waals surface area (Å²) in [5.41, 5.74) is 5.80. The molecule has 1 rings (SSSR count). The Kier molecular flexibility index (Phi) is 5.63. The van der Waals surface area contributed by atoms with Gasteiger partial charge in [0.15, 0.2) is 0 Å². The number of rotatable bonds is 6. The topological polar surface area (TPSA) is 43.1 Å². The maximum absolute atomic E-state index is 12.0. The van der Waals surface area contributed by atoms with Gasteiger partial charge in [-0.1, -0.05) is 25.4 Å². The van der Waals surface area contributed by atoms with Crippen LogP contribution in [0.2, 0.25) is 5.02 Å². The molecule has 0 aliphatic carbocycles. The van der Waals surface area contributed by atoms with Crippen molar-refractivity contribution in [2.45, 2.75) is 31.6 Å². The third kappa shape index (κ3) is 5.19. The Balaban J connectivity index is 2.43. The Hall–Kier alpha value is -0.380. The number of halogens is 1. The summed E-state index contributed by atoms with van der Waals surface area (Å²) in [6.45, 7) is 4.94. The Morgan fingerprint density at radius 2 is 1.88 bits per heavy atom. The fraction of sp³-hybridized carbons (Fsp3) is 0.538. The maximum Gasteiger partial charge on any atom is 0.0529 e. The predicted octanol–water partition coefficient (Wildman–Crippen LogP) is 3.21. The van der Waals surface area contributed by atoms with Crippen molar-refractivity contribution in [3.63, 3.8) is 0 Å². The Labute approximate surface area is 111 Å². The fourth-order valence-electron chi connectivity index (χ4n) is 1.49. The summed E-state index contributed by atoms with van der Waals surface area (Å²) in [5, 5.41) is 0.676. The van der Waals surface area contributed by atoms with E-state index in [0.717, 1.165) is 17.7 Å². The molecule has 2 N–H and O–H groups in total. The highest BCUT2D eigenvalue weighted by Gasteiger charge is 2.15. The van der Waals surface area contributed by atoms with Crippen LogP contribution in [0.4, 0.5) is 0 Å². The fourth-order valence-corrected chi connectivity index (χ4v) is 2.70. The van der Waals surface area contributed by atoms with Gasteiger partial charge in [-0.2, -0.15) is 0 Å². The summed E-state index contributed by atoms with van der Waals surface area (Å²) in [6, 6.07) is 7.20. The van der Waals surface area contributed by atoms with Crippen LogP contribution in [-0.4, -0.2) is 16.5 Å². The molecule has 1 aromatic carbocycles. The van der Waals surface area contributed by atoms with Gasteiger partial charge in [0.1, 0.15) is 0 Å². The summed E-state index contributed by atoms with van der Waals surface area (Å²) in [4.78, 5) is 0.847. The summed E-state index contributed by atoms with van der Waals surface area (Å²) in [6.07, 6.45) is 1.93. The number of benzene rings is 1. The highest BCUT2D eigenvalue weighted by molar-refractivity contribution is 7.85. The molecule has 0 fully saturated rings. The molecule has 96 valence electrons. The van der Waals surface area contributed by atoms with Gasteiger partial charge in [0.2, 0.25) is 0 Å². The molecule has 2 nitrogen and oxygen atoms in total. The molecule has 0 bridgehead atoms. The van der Waals surface area contributed by atoms with Crippen LogP contribution in [0.1, 0.15) is 26.7 Å². The zero-order chi connectivity index (χ0) is 12.9.